The van der Waals surface area contributed by atoms with Crippen LogP contribution in [0.1, 0.15) is 17.5 Å². The lowest BCUT2D eigenvalue weighted by Gasteiger charge is -2.11. The zero-order chi connectivity index (χ0) is 11.5. The molecule has 2 rings (SSSR count). The summed E-state index contributed by atoms with van der Waals surface area (Å²) in [6.07, 6.45) is 0.363. The predicted octanol–water partition coefficient (Wildman–Crippen LogP) is 1.04. The maximum atomic E-state index is 11.6. The highest BCUT2D eigenvalue weighted by Gasteiger charge is 2.22. The van der Waals surface area contributed by atoms with Crippen molar-refractivity contribution in [2.45, 2.75) is 19.9 Å². The highest BCUT2D eigenvalue weighted by molar-refractivity contribution is 6.05. The van der Waals surface area contributed by atoms with E-state index in [-0.39, 0.29) is 5.91 Å². The lowest BCUT2D eigenvalue weighted by Crippen LogP contribution is -2.20. The molecular weight excluding hydrogens is 202 g/mol. The van der Waals surface area contributed by atoms with Crippen molar-refractivity contribution in [2.75, 3.05) is 6.54 Å². The van der Waals surface area contributed by atoms with Gasteiger partial charge in [0, 0.05) is 6.54 Å². The van der Waals surface area contributed by atoms with Gasteiger partial charge in [-0.05, 0) is 12.5 Å². The van der Waals surface area contributed by atoms with Crippen LogP contribution >= 0.6 is 0 Å². The molecule has 1 heterocycles. The standard InChI is InChI=1S/C12H15N3O/c1-9-2-4-10(5-3-9)8-15-12(16)6-11(7-13)14-15/h2-5H,6-8,13H2,1H3. The minimum absolute atomic E-state index is 0.0287. The van der Waals surface area contributed by atoms with Gasteiger partial charge in [-0.2, -0.15) is 5.10 Å². The number of hydrazone groups is 1. The van der Waals surface area contributed by atoms with Gasteiger partial charge in [0.25, 0.3) is 0 Å². The molecule has 0 radical (unpaired) electrons. The van der Waals surface area contributed by atoms with Crippen LogP contribution in [0.3, 0.4) is 0 Å². The van der Waals surface area contributed by atoms with Crippen molar-refractivity contribution in [3.05, 3.63) is 35.4 Å². The molecule has 0 fully saturated rings. The summed E-state index contributed by atoms with van der Waals surface area (Å²) in [5.74, 6) is 0.0287. The van der Waals surface area contributed by atoms with Gasteiger partial charge >= 0.3 is 0 Å². The molecule has 0 atom stereocenters. The first-order valence-corrected chi connectivity index (χ1v) is 5.31. The molecule has 0 bridgehead atoms. The minimum atomic E-state index is 0.0287. The number of rotatable bonds is 3. The van der Waals surface area contributed by atoms with Gasteiger partial charge in [0.1, 0.15) is 0 Å². The number of amides is 1. The Bertz CT molecular complexity index is 422. The van der Waals surface area contributed by atoms with E-state index in [1.165, 1.54) is 10.6 Å². The normalized spacial score (nSPS) is 15.5. The Morgan fingerprint density at radius 1 is 1.38 bits per heavy atom. The second kappa shape index (κ2) is 4.45. The molecule has 0 unspecified atom stereocenters. The van der Waals surface area contributed by atoms with Crippen molar-refractivity contribution in [3.63, 3.8) is 0 Å². The van der Waals surface area contributed by atoms with Gasteiger partial charge in [0.2, 0.25) is 5.91 Å². The number of hydrogen-bond acceptors (Lipinski definition) is 3. The first-order valence-electron chi connectivity index (χ1n) is 5.31. The fourth-order valence-corrected chi connectivity index (χ4v) is 1.63. The van der Waals surface area contributed by atoms with Crippen LogP contribution in [0.4, 0.5) is 0 Å². The number of aryl methyl sites for hydroxylation is 1. The van der Waals surface area contributed by atoms with Crippen molar-refractivity contribution in [1.82, 2.24) is 5.01 Å². The quantitative estimate of drug-likeness (QED) is 0.822. The SMILES string of the molecule is Cc1ccc(CN2N=C(CN)CC2=O)cc1. The summed E-state index contributed by atoms with van der Waals surface area (Å²) in [6, 6.07) is 8.09. The Hall–Kier alpha value is -1.68. The molecule has 0 aliphatic carbocycles. The summed E-state index contributed by atoms with van der Waals surface area (Å²) in [5, 5.41) is 5.67. The van der Waals surface area contributed by atoms with E-state index in [1.807, 2.05) is 31.2 Å². The van der Waals surface area contributed by atoms with Crippen LogP contribution in [0.2, 0.25) is 0 Å². The third-order valence-corrected chi connectivity index (χ3v) is 2.59. The fourth-order valence-electron chi connectivity index (χ4n) is 1.63. The smallest absolute Gasteiger partial charge is 0.248 e. The Balaban J connectivity index is 2.07. The molecule has 4 nitrogen and oxygen atoms in total. The average molecular weight is 217 g/mol. The van der Waals surface area contributed by atoms with Crippen LogP contribution in [0.25, 0.3) is 0 Å². The van der Waals surface area contributed by atoms with Crippen LogP contribution < -0.4 is 5.73 Å². The van der Waals surface area contributed by atoms with Crippen LogP contribution in [0.5, 0.6) is 0 Å². The van der Waals surface area contributed by atoms with Gasteiger partial charge in [0.15, 0.2) is 0 Å². The molecule has 16 heavy (non-hydrogen) atoms. The monoisotopic (exact) mass is 217 g/mol. The van der Waals surface area contributed by atoms with E-state index in [0.29, 0.717) is 19.5 Å². The number of hydrogen-bond donors (Lipinski definition) is 1. The average Bonchev–Trinajstić information content (AvgIpc) is 2.63. The zero-order valence-electron chi connectivity index (χ0n) is 9.31. The van der Waals surface area contributed by atoms with Crippen LogP contribution in [0.15, 0.2) is 29.4 Å². The van der Waals surface area contributed by atoms with Gasteiger partial charge in [-0.1, -0.05) is 29.8 Å². The minimum Gasteiger partial charge on any atom is -0.325 e. The fraction of sp³-hybridized carbons (Fsp3) is 0.333. The van der Waals surface area contributed by atoms with E-state index in [2.05, 4.69) is 5.10 Å². The molecule has 4 heteroatoms. The van der Waals surface area contributed by atoms with Gasteiger partial charge < -0.3 is 5.73 Å². The number of nitrogens with two attached hydrogens (primary N) is 1. The number of benzene rings is 1. The highest BCUT2D eigenvalue weighted by atomic mass is 16.2. The summed E-state index contributed by atoms with van der Waals surface area (Å²) >= 11 is 0. The molecule has 1 aromatic rings. The van der Waals surface area contributed by atoms with Crippen LogP contribution in [-0.2, 0) is 11.3 Å². The molecule has 1 aromatic carbocycles. The van der Waals surface area contributed by atoms with Crippen LogP contribution in [0, 0.1) is 6.92 Å². The molecule has 84 valence electrons. The molecule has 1 aliphatic rings. The molecule has 1 aliphatic heterocycles. The number of carbonyl (C=O) groups is 1. The third kappa shape index (κ3) is 2.28. The summed E-state index contributed by atoms with van der Waals surface area (Å²) in [7, 11) is 0. The molecular formula is C12H15N3O. The van der Waals surface area contributed by atoms with Gasteiger partial charge in [0.05, 0.1) is 18.7 Å². The Kier molecular flexibility index (Phi) is 3.01. The lowest BCUT2D eigenvalue weighted by molar-refractivity contribution is -0.129. The van der Waals surface area contributed by atoms with E-state index in [0.717, 1.165) is 11.3 Å². The summed E-state index contributed by atoms with van der Waals surface area (Å²) in [6.45, 7) is 2.92. The first kappa shape index (κ1) is 10.8. The van der Waals surface area contributed by atoms with Crippen LogP contribution in [-0.4, -0.2) is 23.2 Å². The van der Waals surface area contributed by atoms with Crippen molar-refractivity contribution in [3.8, 4) is 0 Å². The summed E-state index contributed by atoms with van der Waals surface area (Å²) in [5.41, 5.74) is 8.52. The lowest BCUT2D eigenvalue weighted by atomic mass is 10.1. The van der Waals surface area contributed by atoms with Gasteiger partial charge in [-0.15, -0.1) is 0 Å². The number of nitrogens with zero attached hydrogens (tertiary/aromatic N) is 2. The van der Waals surface area contributed by atoms with E-state index in [9.17, 15) is 4.79 Å². The summed E-state index contributed by atoms with van der Waals surface area (Å²) < 4.78 is 0. The number of carbonyl (C=O) groups excluding carboxylic acids is 1. The molecule has 0 saturated heterocycles. The van der Waals surface area contributed by atoms with Crippen molar-refractivity contribution < 1.29 is 4.79 Å². The Morgan fingerprint density at radius 2 is 2.06 bits per heavy atom. The largest absolute Gasteiger partial charge is 0.325 e. The second-order valence-corrected chi connectivity index (χ2v) is 3.98. The molecule has 2 N–H and O–H groups in total. The Morgan fingerprint density at radius 3 is 2.62 bits per heavy atom. The molecule has 0 aromatic heterocycles. The summed E-state index contributed by atoms with van der Waals surface area (Å²) in [4.78, 5) is 11.6. The third-order valence-electron chi connectivity index (χ3n) is 2.59. The van der Waals surface area contributed by atoms with Crippen molar-refractivity contribution >= 4 is 11.6 Å². The van der Waals surface area contributed by atoms with Crippen molar-refractivity contribution in [1.29, 1.82) is 0 Å². The molecule has 0 saturated carbocycles. The zero-order valence-corrected chi connectivity index (χ0v) is 9.31. The molecule has 1 amide bonds. The van der Waals surface area contributed by atoms with Gasteiger partial charge in [-0.25, -0.2) is 5.01 Å². The first-order chi connectivity index (χ1) is 7.69. The second-order valence-electron chi connectivity index (χ2n) is 3.98. The van der Waals surface area contributed by atoms with Gasteiger partial charge in [-0.3, -0.25) is 4.79 Å². The van der Waals surface area contributed by atoms with Crippen molar-refractivity contribution in [2.24, 2.45) is 10.8 Å². The maximum absolute atomic E-state index is 11.6. The van der Waals surface area contributed by atoms with E-state index >= 15 is 0 Å². The van der Waals surface area contributed by atoms with E-state index < -0.39 is 0 Å². The Labute approximate surface area is 94.7 Å². The predicted molar refractivity (Wildman–Crippen MR) is 62.8 cm³/mol. The topological polar surface area (TPSA) is 58.7 Å². The maximum Gasteiger partial charge on any atom is 0.248 e. The van der Waals surface area contributed by atoms with E-state index in [1.54, 1.807) is 0 Å². The highest BCUT2D eigenvalue weighted by Crippen LogP contribution is 2.13. The molecule has 0 spiro atoms. The van der Waals surface area contributed by atoms with E-state index in [4.69, 9.17) is 5.73 Å².